The molecular weight excluding hydrogens is 220 g/mol. The second-order valence-corrected chi connectivity index (χ2v) is 5.07. The molecule has 0 aromatic carbocycles. The zero-order chi connectivity index (χ0) is 11.2. The van der Waals surface area contributed by atoms with Gasteiger partial charge in [-0.2, -0.15) is 17.0 Å². The minimum absolute atomic E-state index is 0.505. The van der Waals surface area contributed by atoms with Gasteiger partial charge in [-0.25, -0.2) is 4.98 Å². The molecule has 0 amide bonds. The van der Waals surface area contributed by atoms with Crippen LogP contribution < -0.4 is 0 Å². The van der Waals surface area contributed by atoms with E-state index in [1.165, 1.54) is 5.56 Å². The molecule has 1 fully saturated rings. The molecule has 0 bridgehead atoms. The van der Waals surface area contributed by atoms with Crippen LogP contribution in [0.25, 0.3) is 0 Å². The Morgan fingerprint density at radius 1 is 1.50 bits per heavy atom. The van der Waals surface area contributed by atoms with Gasteiger partial charge in [0.1, 0.15) is 11.8 Å². The third-order valence-corrected chi connectivity index (χ3v) is 4.04. The van der Waals surface area contributed by atoms with Crippen LogP contribution in [-0.2, 0) is 10.5 Å². The van der Waals surface area contributed by atoms with Crippen molar-refractivity contribution < 1.29 is 4.74 Å². The molecule has 3 nitrogen and oxygen atoms in total. The molecule has 0 aliphatic carbocycles. The second kappa shape index (κ2) is 5.88. The van der Waals surface area contributed by atoms with Gasteiger partial charge >= 0.3 is 0 Å². The van der Waals surface area contributed by atoms with Crippen LogP contribution in [0.5, 0.6) is 0 Å². The van der Waals surface area contributed by atoms with Crippen molar-refractivity contribution in [3.8, 4) is 6.07 Å². The fourth-order valence-corrected chi connectivity index (χ4v) is 2.82. The Hall–Kier alpha value is -1.05. The zero-order valence-corrected chi connectivity index (χ0v) is 9.87. The highest BCUT2D eigenvalue weighted by Crippen LogP contribution is 2.25. The number of aromatic nitrogens is 1. The molecular formula is C12H14N2OS. The van der Waals surface area contributed by atoms with Gasteiger partial charge in [0.2, 0.25) is 0 Å². The highest BCUT2D eigenvalue weighted by atomic mass is 32.2. The van der Waals surface area contributed by atoms with E-state index in [-0.39, 0.29) is 0 Å². The zero-order valence-electron chi connectivity index (χ0n) is 9.06. The van der Waals surface area contributed by atoms with E-state index in [0.717, 1.165) is 31.8 Å². The fraction of sp³-hybridized carbons (Fsp3) is 0.500. The number of hydrogen-bond acceptors (Lipinski definition) is 4. The van der Waals surface area contributed by atoms with Crippen LogP contribution in [0.3, 0.4) is 0 Å². The molecule has 0 saturated carbocycles. The molecule has 2 rings (SSSR count). The Labute approximate surface area is 99.8 Å². The maximum atomic E-state index is 8.74. The Bertz CT molecular complexity index is 383. The maximum absolute atomic E-state index is 8.74. The number of nitrogens with zero attached hydrogens (tertiary/aromatic N) is 2. The summed E-state index contributed by atoms with van der Waals surface area (Å²) in [6.45, 7) is 1.77. The lowest BCUT2D eigenvalue weighted by Gasteiger charge is -2.21. The summed E-state index contributed by atoms with van der Waals surface area (Å²) in [5.74, 6) is 0.960. The average Bonchev–Trinajstić information content (AvgIpc) is 2.38. The van der Waals surface area contributed by atoms with Crippen molar-refractivity contribution in [2.75, 3.05) is 13.2 Å². The molecule has 84 valence electrons. The first-order valence-corrected chi connectivity index (χ1v) is 6.48. The third-order valence-electron chi connectivity index (χ3n) is 2.59. The van der Waals surface area contributed by atoms with Gasteiger partial charge in [0.15, 0.2) is 0 Å². The smallest absolute Gasteiger partial charge is 0.140 e. The maximum Gasteiger partial charge on any atom is 0.140 e. The SMILES string of the molecule is N#Cc1cc(CSC2CCOCC2)ccn1. The van der Waals surface area contributed by atoms with Gasteiger partial charge < -0.3 is 4.74 Å². The minimum atomic E-state index is 0.505. The first-order valence-electron chi connectivity index (χ1n) is 5.43. The monoisotopic (exact) mass is 234 g/mol. The van der Waals surface area contributed by atoms with Crippen molar-refractivity contribution >= 4 is 11.8 Å². The summed E-state index contributed by atoms with van der Waals surface area (Å²) >= 11 is 1.95. The molecule has 16 heavy (non-hydrogen) atoms. The molecule has 1 saturated heterocycles. The lowest BCUT2D eigenvalue weighted by molar-refractivity contribution is 0.1000. The van der Waals surface area contributed by atoms with Gasteiger partial charge in [0.05, 0.1) is 0 Å². The Morgan fingerprint density at radius 3 is 3.06 bits per heavy atom. The molecule has 1 aliphatic heterocycles. The van der Waals surface area contributed by atoms with Crippen molar-refractivity contribution in [1.82, 2.24) is 4.98 Å². The molecule has 0 atom stereocenters. The Balaban J connectivity index is 1.86. The van der Waals surface area contributed by atoms with E-state index in [2.05, 4.69) is 11.1 Å². The van der Waals surface area contributed by atoms with E-state index in [4.69, 9.17) is 10.00 Å². The minimum Gasteiger partial charge on any atom is -0.381 e. The van der Waals surface area contributed by atoms with Crippen LogP contribution >= 0.6 is 11.8 Å². The van der Waals surface area contributed by atoms with Crippen LogP contribution in [0.1, 0.15) is 24.1 Å². The van der Waals surface area contributed by atoms with E-state index in [0.29, 0.717) is 10.9 Å². The van der Waals surface area contributed by atoms with E-state index in [1.54, 1.807) is 6.20 Å². The largest absolute Gasteiger partial charge is 0.381 e. The standard InChI is InChI=1S/C12H14N2OS/c13-8-11-7-10(1-4-14-11)9-16-12-2-5-15-6-3-12/h1,4,7,12H,2-3,5-6,9H2. The topological polar surface area (TPSA) is 45.9 Å². The Morgan fingerprint density at radius 2 is 2.31 bits per heavy atom. The molecule has 1 aromatic heterocycles. The fourth-order valence-electron chi connectivity index (χ4n) is 1.68. The number of hydrogen-bond donors (Lipinski definition) is 0. The van der Waals surface area contributed by atoms with Gasteiger partial charge in [-0.3, -0.25) is 0 Å². The second-order valence-electron chi connectivity index (χ2n) is 3.78. The number of ether oxygens (including phenoxy) is 1. The number of pyridine rings is 1. The van der Waals surface area contributed by atoms with E-state index < -0.39 is 0 Å². The average molecular weight is 234 g/mol. The molecule has 1 aromatic rings. The number of thioether (sulfide) groups is 1. The molecule has 0 N–H and O–H groups in total. The van der Waals surface area contributed by atoms with E-state index >= 15 is 0 Å². The first-order chi connectivity index (χ1) is 7.88. The van der Waals surface area contributed by atoms with Crippen LogP contribution in [0.15, 0.2) is 18.3 Å². The number of nitriles is 1. The molecule has 0 spiro atoms. The van der Waals surface area contributed by atoms with Crippen LogP contribution in [0, 0.1) is 11.3 Å². The molecule has 0 radical (unpaired) electrons. The van der Waals surface area contributed by atoms with Crippen molar-refractivity contribution in [2.45, 2.75) is 23.8 Å². The number of rotatable bonds is 3. The highest BCUT2D eigenvalue weighted by molar-refractivity contribution is 7.99. The quantitative estimate of drug-likeness (QED) is 0.805. The first kappa shape index (κ1) is 11.4. The van der Waals surface area contributed by atoms with E-state index in [1.807, 2.05) is 23.9 Å². The normalized spacial score (nSPS) is 16.9. The van der Waals surface area contributed by atoms with Gasteiger partial charge in [-0.05, 0) is 30.5 Å². The summed E-state index contributed by atoms with van der Waals surface area (Å²) in [4.78, 5) is 3.96. The summed E-state index contributed by atoms with van der Waals surface area (Å²) < 4.78 is 5.32. The molecule has 4 heteroatoms. The summed E-state index contributed by atoms with van der Waals surface area (Å²) in [5.41, 5.74) is 1.69. The van der Waals surface area contributed by atoms with Gasteiger partial charge in [0, 0.05) is 30.4 Å². The van der Waals surface area contributed by atoms with Crippen molar-refractivity contribution in [2.24, 2.45) is 0 Å². The van der Waals surface area contributed by atoms with Gasteiger partial charge in [0.25, 0.3) is 0 Å². The third kappa shape index (κ3) is 3.22. The summed E-state index contributed by atoms with van der Waals surface area (Å²) in [5, 5.41) is 9.44. The van der Waals surface area contributed by atoms with Crippen LogP contribution in [0.2, 0.25) is 0 Å². The predicted octanol–water partition coefficient (Wildman–Crippen LogP) is 2.37. The summed E-state index contributed by atoms with van der Waals surface area (Å²) in [6.07, 6.45) is 3.99. The summed E-state index contributed by atoms with van der Waals surface area (Å²) in [7, 11) is 0. The molecule has 1 aliphatic rings. The van der Waals surface area contributed by atoms with Crippen molar-refractivity contribution in [3.05, 3.63) is 29.6 Å². The highest BCUT2D eigenvalue weighted by Gasteiger charge is 2.13. The van der Waals surface area contributed by atoms with Crippen LogP contribution in [0.4, 0.5) is 0 Å². The van der Waals surface area contributed by atoms with Gasteiger partial charge in [-0.1, -0.05) is 0 Å². The van der Waals surface area contributed by atoms with Crippen molar-refractivity contribution in [1.29, 1.82) is 5.26 Å². The van der Waals surface area contributed by atoms with Crippen LogP contribution in [-0.4, -0.2) is 23.4 Å². The molecule has 0 unspecified atom stereocenters. The summed E-state index contributed by atoms with van der Waals surface area (Å²) in [6, 6.07) is 5.91. The lowest BCUT2D eigenvalue weighted by Crippen LogP contribution is -2.17. The molecule has 2 heterocycles. The lowest BCUT2D eigenvalue weighted by atomic mass is 10.2. The van der Waals surface area contributed by atoms with Crippen molar-refractivity contribution in [3.63, 3.8) is 0 Å². The van der Waals surface area contributed by atoms with Gasteiger partial charge in [-0.15, -0.1) is 0 Å². The Kier molecular flexibility index (Phi) is 4.20. The predicted molar refractivity (Wildman–Crippen MR) is 64.1 cm³/mol. The van der Waals surface area contributed by atoms with E-state index in [9.17, 15) is 0 Å².